The maximum absolute atomic E-state index is 15.1. The van der Waals surface area contributed by atoms with E-state index in [1.807, 2.05) is 12.1 Å². The average Bonchev–Trinajstić information content (AvgIpc) is 3.35. The maximum atomic E-state index is 15.1. The summed E-state index contributed by atoms with van der Waals surface area (Å²) in [5.41, 5.74) is 3.46. The molecule has 0 aliphatic rings. The van der Waals surface area contributed by atoms with Crippen LogP contribution < -0.4 is 0 Å². The number of H-pyrrole nitrogens is 1. The quantitative estimate of drug-likeness (QED) is 0.241. The fourth-order valence-corrected chi connectivity index (χ4v) is 4.65. The highest BCUT2D eigenvalue weighted by Crippen LogP contribution is 2.37. The van der Waals surface area contributed by atoms with Crippen molar-refractivity contribution < 1.29 is 19.0 Å². The molecule has 4 rings (SSSR count). The number of hydrogen-bond donors (Lipinski definition) is 2. The van der Waals surface area contributed by atoms with Gasteiger partial charge in [-0.15, -0.1) is 0 Å². The largest absolute Gasteiger partial charge is 0.478 e. The van der Waals surface area contributed by atoms with Crippen molar-refractivity contribution in [3.05, 3.63) is 65.7 Å². The summed E-state index contributed by atoms with van der Waals surface area (Å²) in [7, 11) is -1.31. The van der Waals surface area contributed by atoms with Gasteiger partial charge in [0.05, 0.1) is 17.0 Å². The molecule has 33 heavy (non-hydrogen) atoms. The van der Waals surface area contributed by atoms with Crippen LogP contribution in [0.3, 0.4) is 0 Å². The third kappa shape index (κ3) is 4.77. The number of aromatic carboxylic acids is 1. The van der Waals surface area contributed by atoms with Crippen LogP contribution in [-0.2, 0) is 11.5 Å². The van der Waals surface area contributed by atoms with Crippen molar-refractivity contribution in [3.63, 3.8) is 0 Å². The number of halogens is 1. The Labute approximate surface area is 193 Å². The van der Waals surface area contributed by atoms with E-state index in [1.165, 1.54) is 6.07 Å². The summed E-state index contributed by atoms with van der Waals surface area (Å²) in [6.07, 6.45) is 3.46. The van der Waals surface area contributed by atoms with Gasteiger partial charge in [-0.1, -0.05) is 25.7 Å². The second kappa shape index (κ2) is 8.96. The Hall–Kier alpha value is -3.23. The first-order chi connectivity index (χ1) is 15.7. The van der Waals surface area contributed by atoms with Crippen molar-refractivity contribution in [1.29, 1.82) is 0 Å². The smallest absolute Gasteiger partial charge is 0.337 e. The van der Waals surface area contributed by atoms with Crippen LogP contribution in [0.1, 0.15) is 15.9 Å². The number of nitrogens with one attached hydrogen (secondary N) is 1. The van der Waals surface area contributed by atoms with Gasteiger partial charge < -0.3 is 19.4 Å². The Morgan fingerprint density at radius 3 is 2.67 bits per heavy atom. The lowest BCUT2D eigenvalue weighted by atomic mass is 10.1. The molecule has 0 aliphatic carbocycles. The Balaban J connectivity index is 1.90. The SMILES string of the molecule is Cc1ccc(-c2c(C(=O)O)cc(-c3ccnc4[nH]ccc34)n2COCC[Si](C)(C)C)c(F)c1. The molecule has 172 valence electrons. The zero-order valence-corrected chi connectivity index (χ0v) is 20.3. The Morgan fingerprint density at radius 1 is 1.18 bits per heavy atom. The first-order valence-corrected chi connectivity index (χ1v) is 14.6. The molecule has 0 fully saturated rings. The standard InChI is InChI=1S/C25H28FN3O3Si/c1-16-5-6-19(21(26)13-16)23-20(25(30)31)14-22(29(23)15-32-11-12-33(2,3)4)17-7-9-27-24-18(17)8-10-28-24/h5-10,13-14H,11-12,15H2,1-4H3,(H,27,28)(H,30,31). The summed E-state index contributed by atoms with van der Waals surface area (Å²) in [6, 6.07) is 11.1. The fourth-order valence-electron chi connectivity index (χ4n) is 3.89. The van der Waals surface area contributed by atoms with Crippen molar-refractivity contribution in [1.82, 2.24) is 14.5 Å². The van der Waals surface area contributed by atoms with Crippen molar-refractivity contribution in [2.24, 2.45) is 0 Å². The summed E-state index contributed by atoms with van der Waals surface area (Å²) >= 11 is 0. The number of benzene rings is 1. The van der Waals surface area contributed by atoms with E-state index in [0.29, 0.717) is 23.6 Å². The van der Waals surface area contributed by atoms with Crippen LogP contribution >= 0.6 is 0 Å². The van der Waals surface area contributed by atoms with E-state index in [-0.39, 0.29) is 17.9 Å². The number of nitrogens with zero attached hydrogens (tertiary/aromatic N) is 2. The van der Waals surface area contributed by atoms with Gasteiger partial charge in [-0.3, -0.25) is 0 Å². The number of carbonyl (C=O) groups is 1. The molecule has 0 saturated carbocycles. The zero-order valence-electron chi connectivity index (χ0n) is 19.3. The highest BCUT2D eigenvalue weighted by Gasteiger charge is 2.25. The van der Waals surface area contributed by atoms with Crippen molar-refractivity contribution in [2.75, 3.05) is 6.61 Å². The molecule has 3 aromatic heterocycles. The number of pyridine rings is 1. The molecular formula is C25H28FN3O3Si. The number of carboxylic acid groups (broad SMARTS) is 1. The van der Waals surface area contributed by atoms with E-state index in [1.54, 1.807) is 42.1 Å². The van der Waals surface area contributed by atoms with E-state index < -0.39 is 19.9 Å². The van der Waals surface area contributed by atoms with Crippen LogP contribution in [0.2, 0.25) is 25.7 Å². The van der Waals surface area contributed by atoms with Crippen molar-refractivity contribution in [3.8, 4) is 22.5 Å². The lowest BCUT2D eigenvalue weighted by Crippen LogP contribution is -2.22. The second-order valence-electron chi connectivity index (χ2n) is 9.45. The number of rotatable bonds is 8. The van der Waals surface area contributed by atoms with E-state index in [0.717, 1.165) is 22.6 Å². The first kappa shape index (κ1) is 22.9. The third-order valence-electron chi connectivity index (χ3n) is 5.66. The van der Waals surface area contributed by atoms with Crippen LogP contribution in [0.25, 0.3) is 33.5 Å². The highest BCUT2D eigenvalue weighted by molar-refractivity contribution is 6.76. The third-order valence-corrected chi connectivity index (χ3v) is 7.36. The number of ether oxygens (including phenoxy) is 1. The van der Waals surface area contributed by atoms with Gasteiger partial charge in [0.2, 0.25) is 0 Å². The highest BCUT2D eigenvalue weighted by atomic mass is 28.3. The van der Waals surface area contributed by atoms with Crippen LogP contribution in [0, 0.1) is 12.7 Å². The summed E-state index contributed by atoms with van der Waals surface area (Å²) in [6.45, 7) is 9.28. The second-order valence-corrected chi connectivity index (χ2v) is 15.1. The fraction of sp³-hybridized carbons (Fsp3) is 0.280. The molecule has 8 heteroatoms. The lowest BCUT2D eigenvalue weighted by Gasteiger charge is -2.18. The van der Waals surface area contributed by atoms with Gasteiger partial charge >= 0.3 is 5.97 Å². The molecule has 3 heterocycles. The minimum absolute atomic E-state index is 0.0297. The number of aryl methyl sites for hydroxylation is 1. The Morgan fingerprint density at radius 2 is 1.97 bits per heavy atom. The lowest BCUT2D eigenvalue weighted by molar-refractivity contribution is 0.0696. The molecule has 0 aliphatic heterocycles. The molecule has 6 nitrogen and oxygen atoms in total. The van der Waals surface area contributed by atoms with Gasteiger partial charge in [0.1, 0.15) is 18.2 Å². The van der Waals surface area contributed by atoms with Gasteiger partial charge in [-0.05, 0) is 48.9 Å². The van der Waals surface area contributed by atoms with Crippen LogP contribution in [0.4, 0.5) is 4.39 Å². The molecule has 0 spiro atoms. The molecular weight excluding hydrogens is 437 g/mol. The van der Waals surface area contributed by atoms with Crippen LogP contribution in [0.5, 0.6) is 0 Å². The van der Waals surface area contributed by atoms with E-state index in [9.17, 15) is 9.90 Å². The minimum atomic E-state index is -1.31. The van der Waals surface area contributed by atoms with Crippen LogP contribution in [0.15, 0.2) is 48.8 Å². The average molecular weight is 466 g/mol. The van der Waals surface area contributed by atoms with E-state index in [2.05, 4.69) is 29.6 Å². The van der Waals surface area contributed by atoms with Gasteiger partial charge in [0.15, 0.2) is 0 Å². The molecule has 2 N–H and O–H groups in total. The number of fused-ring (bicyclic) bond motifs is 1. The normalized spacial score (nSPS) is 11.9. The molecule has 0 unspecified atom stereocenters. The number of aromatic nitrogens is 3. The molecule has 0 atom stereocenters. The van der Waals surface area contributed by atoms with Gasteiger partial charge in [0, 0.05) is 43.6 Å². The zero-order chi connectivity index (χ0) is 23.8. The summed E-state index contributed by atoms with van der Waals surface area (Å²) < 4.78 is 22.9. The topological polar surface area (TPSA) is 80.1 Å². The van der Waals surface area contributed by atoms with E-state index >= 15 is 4.39 Å². The Bertz CT molecular complexity index is 1320. The summed E-state index contributed by atoms with van der Waals surface area (Å²) in [5, 5.41) is 10.9. The molecule has 0 radical (unpaired) electrons. The number of carboxylic acids is 1. The van der Waals surface area contributed by atoms with Gasteiger partial charge in [-0.25, -0.2) is 14.2 Å². The molecule has 4 aromatic rings. The molecule has 0 amide bonds. The molecule has 0 bridgehead atoms. The summed E-state index contributed by atoms with van der Waals surface area (Å²) in [4.78, 5) is 19.7. The monoisotopic (exact) mass is 465 g/mol. The predicted molar refractivity (Wildman–Crippen MR) is 131 cm³/mol. The number of hydrogen-bond acceptors (Lipinski definition) is 3. The Kier molecular flexibility index (Phi) is 6.23. The molecule has 1 aromatic carbocycles. The first-order valence-electron chi connectivity index (χ1n) is 10.9. The van der Waals surface area contributed by atoms with Gasteiger partial charge in [-0.2, -0.15) is 0 Å². The summed E-state index contributed by atoms with van der Waals surface area (Å²) in [5.74, 6) is -1.58. The number of aromatic amines is 1. The van der Waals surface area contributed by atoms with Crippen molar-refractivity contribution >= 4 is 25.1 Å². The predicted octanol–water partition coefficient (Wildman–Crippen LogP) is 6.16. The van der Waals surface area contributed by atoms with Crippen molar-refractivity contribution in [2.45, 2.75) is 39.3 Å². The minimum Gasteiger partial charge on any atom is -0.478 e. The van der Waals surface area contributed by atoms with Gasteiger partial charge in [0.25, 0.3) is 0 Å². The van der Waals surface area contributed by atoms with Crippen LogP contribution in [-0.4, -0.2) is 40.3 Å². The van der Waals surface area contributed by atoms with E-state index in [4.69, 9.17) is 4.74 Å². The molecule has 0 saturated heterocycles. The maximum Gasteiger partial charge on any atom is 0.337 e.